The van der Waals surface area contributed by atoms with Crippen molar-refractivity contribution in [3.05, 3.63) is 45.4 Å². The summed E-state index contributed by atoms with van der Waals surface area (Å²) in [5.74, 6) is 0.431. The number of rotatable bonds is 1. The third-order valence-corrected chi connectivity index (χ3v) is 5.58. The topological polar surface area (TPSA) is 33.2 Å². The SMILES string of the molecule is Cc1nc2c(s1)CC(C(=O)N1CCc3ccccc31)CC2. The lowest BCUT2D eigenvalue weighted by Gasteiger charge is -2.26. The molecule has 1 aromatic carbocycles. The van der Waals surface area contributed by atoms with Crippen LogP contribution in [0.2, 0.25) is 0 Å². The molecule has 1 aliphatic heterocycles. The van der Waals surface area contributed by atoms with E-state index in [-0.39, 0.29) is 5.92 Å². The second kappa shape index (κ2) is 4.95. The van der Waals surface area contributed by atoms with Gasteiger partial charge in [-0.05, 0) is 44.2 Å². The standard InChI is InChI=1S/C17H18N2OS/c1-11-18-14-7-6-13(10-16(14)21-11)17(20)19-9-8-12-4-2-3-5-15(12)19/h2-5,13H,6-10H2,1H3. The largest absolute Gasteiger partial charge is 0.312 e. The fraction of sp³-hybridized carbons (Fsp3) is 0.412. The van der Waals surface area contributed by atoms with Crippen molar-refractivity contribution in [2.45, 2.75) is 32.6 Å². The van der Waals surface area contributed by atoms with Crippen LogP contribution in [0.25, 0.3) is 0 Å². The number of anilines is 1. The number of hydrogen-bond acceptors (Lipinski definition) is 3. The number of benzene rings is 1. The summed E-state index contributed by atoms with van der Waals surface area (Å²) in [6.07, 6.45) is 3.75. The average molecular weight is 298 g/mol. The zero-order valence-corrected chi connectivity index (χ0v) is 12.9. The molecule has 1 aliphatic carbocycles. The molecule has 1 aromatic heterocycles. The van der Waals surface area contributed by atoms with Crippen molar-refractivity contribution in [1.82, 2.24) is 4.98 Å². The van der Waals surface area contributed by atoms with Crippen molar-refractivity contribution in [1.29, 1.82) is 0 Å². The molecule has 0 fully saturated rings. The molecule has 3 nitrogen and oxygen atoms in total. The zero-order valence-electron chi connectivity index (χ0n) is 12.1. The van der Waals surface area contributed by atoms with Crippen molar-refractivity contribution in [3.63, 3.8) is 0 Å². The van der Waals surface area contributed by atoms with Gasteiger partial charge in [0.1, 0.15) is 0 Å². The Morgan fingerprint density at radius 1 is 1.33 bits per heavy atom. The average Bonchev–Trinajstić information content (AvgIpc) is 3.07. The number of amides is 1. The molecular weight excluding hydrogens is 280 g/mol. The fourth-order valence-corrected chi connectivity index (χ4v) is 4.56. The van der Waals surface area contributed by atoms with Crippen LogP contribution in [0.4, 0.5) is 5.69 Å². The van der Waals surface area contributed by atoms with Crippen molar-refractivity contribution in [3.8, 4) is 0 Å². The van der Waals surface area contributed by atoms with Crippen LogP contribution in [0, 0.1) is 12.8 Å². The molecule has 0 N–H and O–H groups in total. The summed E-state index contributed by atoms with van der Waals surface area (Å²) in [4.78, 5) is 20.8. The van der Waals surface area contributed by atoms with E-state index in [1.807, 2.05) is 11.0 Å². The minimum atomic E-state index is 0.128. The lowest BCUT2D eigenvalue weighted by Crippen LogP contribution is -2.37. The summed E-state index contributed by atoms with van der Waals surface area (Å²) in [6, 6.07) is 8.29. The Bertz CT molecular complexity index is 707. The summed E-state index contributed by atoms with van der Waals surface area (Å²) < 4.78 is 0. The van der Waals surface area contributed by atoms with Gasteiger partial charge in [-0.3, -0.25) is 4.79 Å². The number of hydrogen-bond donors (Lipinski definition) is 0. The molecule has 0 spiro atoms. The normalized spacial score (nSPS) is 20.2. The molecular formula is C17H18N2OS. The molecule has 0 saturated carbocycles. The van der Waals surface area contributed by atoms with E-state index in [0.29, 0.717) is 5.91 Å². The van der Waals surface area contributed by atoms with E-state index >= 15 is 0 Å². The summed E-state index contributed by atoms with van der Waals surface area (Å²) in [7, 11) is 0. The maximum Gasteiger partial charge on any atom is 0.230 e. The van der Waals surface area contributed by atoms with E-state index in [4.69, 9.17) is 0 Å². The van der Waals surface area contributed by atoms with Gasteiger partial charge in [0, 0.05) is 23.0 Å². The van der Waals surface area contributed by atoms with Gasteiger partial charge in [-0.2, -0.15) is 0 Å². The lowest BCUT2D eigenvalue weighted by atomic mass is 9.90. The molecule has 4 heteroatoms. The van der Waals surface area contributed by atoms with Crippen LogP contribution < -0.4 is 4.90 Å². The molecule has 1 unspecified atom stereocenters. The Kier molecular flexibility index (Phi) is 3.07. The van der Waals surface area contributed by atoms with Gasteiger partial charge in [0.2, 0.25) is 5.91 Å². The summed E-state index contributed by atoms with van der Waals surface area (Å²) in [5, 5.41) is 1.12. The second-order valence-electron chi connectivity index (χ2n) is 5.91. The number of carbonyl (C=O) groups is 1. The maximum atomic E-state index is 12.9. The van der Waals surface area contributed by atoms with Gasteiger partial charge in [-0.25, -0.2) is 4.98 Å². The Hall–Kier alpha value is -1.68. The van der Waals surface area contributed by atoms with Gasteiger partial charge >= 0.3 is 0 Å². The zero-order chi connectivity index (χ0) is 14.4. The number of thiazole rings is 1. The summed E-state index contributed by atoms with van der Waals surface area (Å²) in [5.41, 5.74) is 3.65. The van der Waals surface area contributed by atoms with Crippen LogP contribution in [0.1, 0.15) is 27.6 Å². The maximum absolute atomic E-state index is 12.9. The van der Waals surface area contributed by atoms with E-state index in [1.165, 1.54) is 16.1 Å². The minimum absolute atomic E-state index is 0.128. The Morgan fingerprint density at radius 2 is 2.19 bits per heavy atom. The molecule has 0 radical (unpaired) electrons. The Balaban J connectivity index is 1.57. The molecule has 0 bridgehead atoms. The van der Waals surface area contributed by atoms with Crippen LogP contribution in [0.3, 0.4) is 0 Å². The first kappa shape index (κ1) is 13.0. The highest BCUT2D eigenvalue weighted by Gasteiger charge is 2.33. The number of aromatic nitrogens is 1. The fourth-order valence-electron chi connectivity index (χ4n) is 3.50. The number of nitrogens with zero attached hydrogens (tertiary/aromatic N) is 2. The lowest BCUT2D eigenvalue weighted by molar-refractivity contribution is -0.122. The van der Waals surface area contributed by atoms with Gasteiger partial charge in [0.15, 0.2) is 0 Å². The van der Waals surface area contributed by atoms with Crippen molar-refractivity contribution < 1.29 is 4.79 Å². The minimum Gasteiger partial charge on any atom is -0.312 e. The first-order valence-corrected chi connectivity index (χ1v) is 8.38. The molecule has 1 atom stereocenters. The second-order valence-corrected chi connectivity index (χ2v) is 7.20. The molecule has 108 valence electrons. The molecule has 21 heavy (non-hydrogen) atoms. The molecule has 1 amide bonds. The highest BCUT2D eigenvalue weighted by atomic mass is 32.1. The first-order valence-electron chi connectivity index (χ1n) is 7.57. The van der Waals surface area contributed by atoms with E-state index in [2.05, 4.69) is 30.1 Å². The van der Waals surface area contributed by atoms with Crippen LogP contribution in [0.5, 0.6) is 0 Å². The van der Waals surface area contributed by atoms with Crippen LogP contribution in [-0.2, 0) is 24.1 Å². The Labute approximate surface area is 128 Å². The van der Waals surface area contributed by atoms with Crippen molar-refractivity contribution in [2.24, 2.45) is 5.92 Å². The predicted molar refractivity (Wildman–Crippen MR) is 84.9 cm³/mol. The number of carbonyl (C=O) groups excluding carboxylic acids is 1. The van der Waals surface area contributed by atoms with Gasteiger partial charge in [0.05, 0.1) is 10.7 Å². The number of para-hydroxylation sites is 1. The molecule has 2 aromatic rings. The summed E-state index contributed by atoms with van der Waals surface area (Å²) in [6.45, 7) is 2.89. The monoisotopic (exact) mass is 298 g/mol. The van der Waals surface area contributed by atoms with Gasteiger partial charge in [-0.1, -0.05) is 18.2 Å². The molecule has 4 rings (SSSR count). The quantitative estimate of drug-likeness (QED) is 0.810. The van der Waals surface area contributed by atoms with Gasteiger partial charge in [-0.15, -0.1) is 11.3 Å². The number of fused-ring (bicyclic) bond motifs is 2. The van der Waals surface area contributed by atoms with E-state index in [0.717, 1.165) is 42.9 Å². The summed E-state index contributed by atoms with van der Waals surface area (Å²) >= 11 is 1.76. The smallest absolute Gasteiger partial charge is 0.230 e. The first-order chi connectivity index (χ1) is 10.2. The van der Waals surface area contributed by atoms with Gasteiger partial charge < -0.3 is 4.90 Å². The van der Waals surface area contributed by atoms with Crippen LogP contribution >= 0.6 is 11.3 Å². The predicted octanol–water partition coefficient (Wildman–Crippen LogP) is 3.15. The van der Waals surface area contributed by atoms with Crippen molar-refractivity contribution >= 4 is 22.9 Å². The highest BCUT2D eigenvalue weighted by molar-refractivity contribution is 7.11. The van der Waals surface area contributed by atoms with Crippen LogP contribution in [-0.4, -0.2) is 17.4 Å². The third-order valence-electron chi connectivity index (χ3n) is 4.55. The third kappa shape index (κ3) is 2.18. The van der Waals surface area contributed by atoms with E-state index in [9.17, 15) is 4.79 Å². The van der Waals surface area contributed by atoms with E-state index < -0.39 is 0 Å². The highest BCUT2D eigenvalue weighted by Crippen LogP contribution is 2.34. The Morgan fingerprint density at radius 3 is 3.10 bits per heavy atom. The van der Waals surface area contributed by atoms with E-state index in [1.54, 1.807) is 11.3 Å². The molecule has 2 aliphatic rings. The molecule has 2 heterocycles. The molecule has 0 saturated heterocycles. The van der Waals surface area contributed by atoms with Gasteiger partial charge in [0.25, 0.3) is 0 Å². The number of aryl methyl sites for hydroxylation is 2. The van der Waals surface area contributed by atoms with Crippen molar-refractivity contribution in [2.75, 3.05) is 11.4 Å². The van der Waals surface area contributed by atoms with Crippen LogP contribution in [0.15, 0.2) is 24.3 Å².